The van der Waals surface area contributed by atoms with E-state index in [9.17, 15) is 13.2 Å². The molecule has 6 nitrogen and oxygen atoms in total. The van der Waals surface area contributed by atoms with Crippen molar-refractivity contribution in [2.24, 2.45) is 10.3 Å². The number of benzene rings is 2. The molecule has 1 N–H and O–H groups in total. The second-order valence-corrected chi connectivity index (χ2v) is 9.05. The van der Waals surface area contributed by atoms with Crippen molar-refractivity contribution in [1.82, 2.24) is 5.32 Å². The van der Waals surface area contributed by atoms with Gasteiger partial charge >= 0.3 is 0 Å². The van der Waals surface area contributed by atoms with Gasteiger partial charge in [-0.25, -0.2) is 0 Å². The van der Waals surface area contributed by atoms with Gasteiger partial charge in [0.2, 0.25) is 0 Å². The molecule has 0 saturated carbocycles. The zero-order valence-electron chi connectivity index (χ0n) is 15.9. The minimum Gasteiger partial charge on any atom is -0.348 e. The lowest BCUT2D eigenvalue weighted by Crippen LogP contribution is -2.36. The van der Waals surface area contributed by atoms with Gasteiger partial charge in [0.15, 0.2) is 0 Å². The summed E-state index contributed by atoms with van der Waals surface area (Å²) in [5.41, 5.74) is 1.59. The van der Waals surface area contributed by atoms with Crippen molar-refractivity contribution < 1.29 is 13.2 Å². The van der Waals surface area contributed by atoms with Crippen molar-refractivity contribution in [1.29, 1.82) is 0 Å². The van der Waals surface area contributed by atoms with Crippen LogP contribution in [0.4, 0.5) is 5.69 Å². The number of hydrogen-bond donors (Lipinski definition) is 1. The zero-order chi connectivity index (χ0) is 20.5. The van der Waals surface area contributed by atoms with E-state index in [0.29, 0.717) is 29.0 Å². The predicted octanol–water partition coefficient (Wildman–Crippen LogP) is 3.85. The highest BCUT2D eigenvalue weighted by atomic mass is 35.5. The van der Waals surface area contributed by atoms with Crippen molar-refractivity contribution in [3.63, 3.8) is 0 Å². The van der Waals surface area contributed by atoms with Gasteiger partial charge in [-0.05, 0) is 42.7 Å². The largest absolute Gasteiger partial charge is 0.348 e. The number of nitrogens with zero attached hydrogens (tertiary/aromatic N) is 2. The summed E-state index contributed by atoms with van der Waals surface area (Å²) in [5.74, 6) is 0.370. The Bertz CT molecular complexity index is 1050. The van der Waals surface area contributed by atoms with E-state index in [1.54, 1.807) is 25.1 Å². The van der Waals surface area contributed by atoms with Crippen LogP contribution in [0.2, 0.25) is 5.02 Å². The Balaban J connectivity index is 1.88. The van der Waals surface area contributed by atoms with E-state index in [0.717, 1.165) is 5.56 Å². The van der Waals surface area contributed by atoms with Gasteiger partial charge in [0, 0.05) is 23.7 Å². The first-order valence-electron chi connectivity index (χ1n) is 8.94. The summed E-state index contributed by atoms with van der Waals surface area (Å²) >= 11 is 6.11. The first kappa shape index (κ1) is 20.4. The van der Waals surface area contributed by atoms with E-state index in [4.69, 9.17) is 11.6 Å². The molecular weight excluding hydrogens is 398 g/mol. The smallest absolute Gasteiger partial charge is 0.286 e. The molecular formula is C20H22ClN3O3S. The van der Waals surface area contributed by atoms with Crippen molar-refractivity contribution in [3.8, 4) is 0 Å². The van der Waals surface area contributed by atoms with E-state index in [1.165, 1.54) is 6.07 Å². The lowest BCUT2D eigenvalue weighted by atomic mass is 10.1. The van der Waals surface area contributed by atoms with Gasteiger partial charge in [-0.3, -0.25) is 4.79 Å². The molecule has 2 aromatic carbocycles. The van der Waals surface area contributed by atoms with E-state index < -0.39 is 10.0 Å². The maximum Gasteiger partial charge on any atom is 0.286 e. The number of sulfonamides is 1. The average molecular weight is 420 g/mol. The summed E-state index contributed by atoms with van der Waals surface area (Å²) in [5, 5.41) is 3.33. The van der Waals surface area contributed by atoms with Crippen LogP contribution >= 0.6 is 11.6 Å². The number of hydrogen-bond acceptors (Lipinski definition) is 4. The first-order chi connectivity index (χ1) is 13.2. The molecule has 1 amide bonds. The predicted molar refractivity (Wildman–Crippen MR) is 112 cm³/mol. The molecule has 1 aliphatic heterocycles. The molecule has 8 heteroatoms. The number of amidine groups is 1. The second kappa shape index (κ2) is 7.93. The normalized spacial score (nSPS) is 15.2. The molecule has 148 valence electrons. The van der Waals surface area contributed by atoms with Crippen molar-refractivity contribution in [3.05, 3.63) is 58.6 Å². The van der Waals surface area contributed by atoms with Crippen LogP contribution in [0.3, 0.4) is 0 Å². The molecule has 0 aliphatic carbocycles. The Morgan fingerprint density at radius 3 is 2.61 bits per heavy atom. The Hall–Kier alpha value is -2.38. The number of halogens is 1. The minimum absolute atomic E-state index is 0.0455. The number of fused-ring (bicyclic) bond motifs is 1. The lowest BCUT2D eigenvalue weighted by Gasteiger charge is -2.30. The molecule has 3 rings (SSSR count). The molecule has 0 bridgehead atoms. The average Bonchev–Trinajstić information content (AvgIpc) is 2.63. The molecule has 1 heterocycles. The summed E-state index contributed by atoms with van der Waals surface area (Å²) in [4.78, 5) is 14.5. The van der Waals surface area contributed by atoms with Crippen LogP contribution in [-0.2, 0) is 16.6 Å². The van der Waals surface area contributed by atoms with E-state index in [-0.39, 0.29) is 22.9 Å². The van der Waals surface area contributed by atoms with Gasteiger partial charge in [-0.2, -0.15) is 8.42 Å². The summed E-state index contributed by atoms with van der Waals surface area (Å²) in [6.07, 6.45) is 0. The van der Waals surface area contributed by atoms with Gasteiger partial charge in [0.25, 0.3) is 15.9 Å². The topological polar surface area (TPSA) is 78.8 Å². The summed E-state index contributed by atoms with van der Waals surface area (Å²) < 4.78 is 29.0. The summed E-state index contributed by atoms with van der Waals surface area (Å²) in [7, 11) is -3.84. The molecule has 1 aliphatic rings. The Morgan fingerprint density at radius 1 is 1.21 bits per heavy atom. The lowest BCUT2D eigenvalue weighted by molar-refractivity contribution is 0.0950. The minimum atomic E-state index is -3.84. The fourth-order valence-corrected chi connectivity index (χ4v) is 4.51. The van der Waals surface area contributed by atoms with Crippen LogP contribution in [0.1, 0.15) is 36.7 Å². The van der Waals surface area contributed by atoms with Gasteiger partial charge in [0.05, 0.1) is 5.69 Å². The van der Waals surface area contributed by atoms with E-state index in [2.05, 4.69) is 9.71 Å². The monoisotopic (exact) mass is 419 g/mol. The number of carbonyl (C=O) groups is 1. The van der Waals surface area contributed by atoms with Crippen molar-refractivity contribution in [2.45, 2.75) is 32.2 Å². The highest BCUT2D eigenvalue weighted by Gasteiger charge is 2.30. The Kier molecular flexibility index (Phi) is 5.76. The van der Waals surface area contributed by atoms with E-state index in [1.807, 2.05) is 36.9 Å². The number of anilines is 1. The highest BCUT2D eigenvalue weighted by Crippen LogP contribution is 2.33. The SMILES string of the molecule is CC1=NS(=O)(=O)c2cc(C(=O)NCc3ccccc3Cl)ccc2N1CC(C)C. The van der Waals surface area contributed by atoms with Crippen LogP contribution in [-0.4, -0.2) is 26.7 Å². The quantitative estimate of drug-likeness (QED) is 0.798. The summed E-state index contributed by atoms with van der Waals surface area (Å²) in [6, 6.07) is 11.9. The third-order valence-electron chi connectivity index (χ3n) is 4.38. The van der Waals surface area contributed by atoms with Gasteiger partial charge in [-0.1, -0.05) is 43.6 Å². The van der Waals surface area contributed by atoms with Crippen LogP contribution in [0.25, 0.3) is 0 Å². The molecule has 0 spiro atoms. The molecule has 0 radical (unpaired) electrons. The van der Waals surface area contributed by atoms with Gasteiger partial charge < -0.3 is 10.2 Å². The molecule has 0 fully saturated rings. The molecule has 0 saturated heterocycles. The number of nitrogens with one attached hydrogen (secondary N) is 1. The van der Waals surface area contributed by atoms with Crippen LogP contribution < -0.4 is 10.2 Å². The third kappa shape index (κ3) is 4.20. The summed E-state index contributed by atoms with van der Waals surface area (Å²) in [6.45, 7) is 6.65. The van der Waals surface area contributed by atoms with Crippen LogP contribution in [0.5, 0.6) is 0 Å². The van der Waals surface area contributed by atoms with Crippen LogP contribution in [0, 0.1) is 5.92 Å². The third-order valence-corrected chi connectivity index (χ3v) is 6.13. The molecule has 28 heavy (non-hydrogen) atoms. The Morgan fingerprint density at radius 2 is 1.93 bits per heavy atom. The van der Waals surface area contributed by atoms with Gasteiger partial charge in [-0.15, -0.1) is 4.40 Å². The molecule has 0 aromatic heterocycles. The second-order valence-electron chi connectivity index (χ2n) is 7.07. The standard InChI is InChI=1S/C20H22ClN3O3S/c1-13(2)12-24-14(3)23-28(26,27)19-10-15(8-9-18(19)24)20(25)22-11-16-6-4-5-7-17(16)21/h4-10,13H,11-12H2,1-3H3,(H,22,25). The highest BCUT2D eigenvalue weighted by molar-refractivity contribution is 7.90. The maximum atomic E-state index is 12.6. The number of amides is 1. The van der Waals surface area contributed by atoms with E-state index >= 15 is 0 Å². The van der Waals surface area contributed by atoms with Crippen LogP contribution in [0.15, 0.2) is 51.8 Å². The molecule has 0 atom stereocenters. The number of carbonyl (C=O) groups excluding carboxylic acids is 1. The van der Waals surface area contributed by atoms with Crippen molar-refractivity contribution >= 4 is 39.1 Å². The van der Waals surface area contributed by atoms with Gasteiger partial charge in [0.1, 0.15) is 10.7 Å². The fourth-order valence-electron chi connectivity index (χ4n) is 3.05. The molecule has 0 unspecified atom stereocenters. The number of rotatable bonds is 5. The first-order valence-corrected chi connectivity index (χ1v) is 10.8. The zero-order valence-corrected chi connectivity index (χ0v) is 17.5. The Labute approximate surface area is 170 Å². The molecule has 2 aromatic rings. The fraction of sp³-hybridized carbons (Fsp3) is 0.300. The maximum absolute atomic E-state index is 12.6. The van der Waals surface area contributed by atoms with Crippen molar-refractivity contribution in [2.75, 3.05) is 11.4 Å².